The molecule has 0 saturated carbocycles. The third-order valence-electron chi connectivity index (χ3n) is 4.81. The average Bonchev–Trinajstić information content (AvgIpc) is 3.13. The van der Waals surface area contributed by atoms with Gasteiger partial charge in [0.15, 0.2) is 0 Å². The number of nitrogens with one attached hydrogen (secondary N) is 1. The minimum atomic E-state index is -0.145. The van der Waals surface area contributed by atoms with Crippen LogP contribution >= 0.6 is 0 Å². The van der Waals surface area contributed by atoms with E-state index in [1.165, 1.54) is 0 Å². The second kappa shape index (κ2) is 7.68. The molecule has 0 bridgehead atoms. The number of aryl methyl sites for hydroxylation is 1. The van der Waals surface area contributed by atoms with Crippen molar-refractivity contribution in [1.82, 2.24) is 10.2 Å². The van der Waals surface area contributed by atoms with Gasteiger partial charge in [-0.25, -0.2) is 0 Å². The summed E-state index contributed by atoms with van der Waals surface area (Å²) in [5, 5.41) is 2.96. The first kappa shape index (κ1) is 17.5. The average molecular weight is 343 g/mol. The van der Waals surface area contributed by atoms with Crippen LogP contribution in [-0.2, 0) is 14.4 Å². The van der Waals surface area contributed by atoms with Gasteiger partial charge < -0.3 is 15.1 Å². The molecule has 3 rings (SSSR count). The zero-order valence-corrected chi connectivity index (χ0v) is 14.7. The fourth-order valence-electron chi connectivity index (χ4n) is 3.52. The van der Waals surface area contributed by atoms with Gasteiger partial charge in [0.2, 0.25) is 17.7 Å². The number of benzene rings is 1. The summed E-state index contributed by atoms with van der Waals surface area (Å²) < 4.78 is 0. The van der Waals surface area contributed by atoms with Crippen LogP contribution < -0.4 is 10.2 Å². The number of carbonyl (C=O) groups excluding carboxylic acids is 3. The zero-order chi connectivity index (χ0) is 17.8. The summed E-state index contributed by atoms with van der Waals surface area (Å²) >= 11 is 0. The van der Waals surface area contributed by atoms with Crippen LogP contribution in [0.25, 0.3) is 0 Å². The lowest BCUT2D eigenvalue weighted by Crippen LogP contribution is -2.37. The van der Waals surface area contributed by atoms with E-state index in [1.807, 2.05) is 36.1 Å². The monoisotopic (exact) mass is 343 g/mol. The molecular weight excluding hydrogens is 318 g/mol. The van der Waals surface area contributed by atoms with E-state index in [0.717, 1.165) is 24.2 Å². The number of nitrogens with zero attached hydrogens (tertiary/aromatic N) is 2. The molecule has 2 fully saturated rings. The molecule has 1 atom stereocenters. The second-order valence-corrected chi connectivity index (χ2v) is 6.90. The van der Waals surface area contributed by atoms with Gasteiger partial charge in [-0.1, -0.05) is 12.1 Å². The van der Waals surface area contributed by atoms with E-state index >= 15 is 0 Å². The maximum atomic E-state index is 12.2. The Kier molecular flexibility index (Phi) is 5.36. The van der Waals surface area contributed by atoms with Crippen molar-refractivity contribution in [3.8, 4) is 0 Å². The molecule has 1 aromatic rings. The molecule has 6 heteroatoms. The lowest BCUT2D eigenvalue weighted by molar-refractivity contribution is -0.128. The summed E-state index contributed by atoms with van der Waals surface area (Å²) in [4.78, 5) is 39.5. The highest BCUT2D eigenvalue weighted by Gasteiger charge is 2.31. The molecule has 2 aliphatic heterocycles. The molecule has 134 valence electrons. The quantitative estimate of drug-likeness (QED) is 0.853. The van der Waals surface area contributed by atoms with Crippen LogP contribution in [0.1, 0.15) is 37.7 Å². The van der Waals surface area contributed by atoms with Gasteiger partial charge in [-0.2, -0.15) is 0 Å². The lowest BCUT2D eigenvalue weighted by Gasteiger charge is -2.18. The van der Waals surface area contributed by atoms with E-state index in [0.29, 0.717) is 38.8 Å². The molecule has 6 nitrogen and oxygen atoms in total. The lowest BCUT2D eigenvalue weighted by atomic mass is 10.2. The number of hydrogen-bond donors (Lipinski definition) is 1. The summed E-state index contributed by atoms with van der Waals surface area (Å²) in [7, 11) is 0. The smallest absolute Gasteiger partial charge is 0.229 e. The van der Waals surface area contributed by atoms with Gasteiger partial charge in [-0.05, 0) is 37.5 Å². The Morgan fingerprint density at radius 2 is 2.12 bits per heavy atom. The first-order chi connectivity index (χ1) is 12.0. The third kappa shape index (κ3) is 4.38. The minimum absolute atomic E-state index is 0.0403. The van der Waals surface area contributed by atoms with Crippen molar-refractivity contribution >= 4 is 23.4 Å². The summed E-state index contributed by atoms with van der Waals surface area (Å²) in [6, 6.07) is 7.68. The fraction of sp³-hybridized carbons (Fsp3) is 0.526. The van der Waals surface area contributed by atoms with Crippen LogP contribution in [0.2, 0.25) is 0 Å². The maximum Gasteiger partial charge on any atom is 0.229 e. The number of hydrogen-bond acceptors (Lipinski definition) is 3. The standard InChI is InChI=1S/C19H25N3O3/c1-14-5-2-6-16(11-14)22-13-15(12-19(22)25)20-17(23)7-3-9-21-10-4-8-18(21)24/h2,5-6,11,15H,3-4,7-10,12-13H2,1H3,(H,20,23). The minimum Gasteiger partial charge on any atom is -0.351 e. The molecule has 1 N–H and O–H groups in total. The van der Waals surface area contributed by atoms with Crippen molar-refractivity contribution in [3.63, 3.8) is 0 Å². The fourth-order valence-corrected chi connectivity index (χ4v) is 3.52. The predicted molar refractivity (Wildman–Crippen MR) is 95.1 cm³/mol. The van der Waals surface area contributed by atoms with Gasteiger partial charge in [-0.3, -0.25) is 14.4 Å². The summed E-state index contributed by atoms with van der Waals surface area (Å²) in [6.07, 6.45) is 2.94. The number of amides is 3. The molecule has 0 radical (unpaired) electrons. The molecule has 0 aromatic heterocycles. The molecule has 2 saturated heterocycles. The van der Waals surface area contributed by atoms with Crippen LogP contribution in [0.15, 0.2) is 24.3 Å². The van der Waals surface area contributed by atoms with E-state index in [4.69, 9.17) is 0 Å². The summed E-state index contributed by atoms with van der Waals surface area (Å²) in [5.74, 6) is 0.185. The zero-order valence-electron chi connectivity index (χ0n) is 14.7. The van der Waals surface area contributed by atoms with Crippen LogP contribution in [0.4, 0.5) is 5.69 Å². The number of anilines is 1. The molecule has 25 heavy (non-hydrogen) atoms. The highest BCUT2D eigenvalue weighted by atomic mass is 16.2. The Balaban J connectivity index is 1.44. The molecule has 1 unspecified atom stereocenters. The topological polar surface area (TPSA) is 69.7 Å². The van der Waals surface area contributed by atoms with Gasteiger partial charge >= 0.3 is 0 Å². The van der Waals surface area contributed by atoms with Crippen molar-refractivity contribution in [2.45, 2.75) is 45.1 Å². The summed E-state index contributed by atoms with van der Waals surface area (Å²) in [5.41, 5.74) is 1.99. The Labute approximate surface area is 148 Å². The molecular formula is C19H25N3O3. The van der Waals surface area contributed by atoms with Crippen LogP contribution in [0, 0.1) is 6.92 Å². The van der Waals surface area contributed by atoms with Crippen molar-refractivity contribution in [2.75, 3.05) is 24.5 Å². The van der Waals surface area contributed by atoms with Crippen molar-refractivity contribution < 1.29 is 14.4 Å². The van der Waals surface area contributed by atoms with Crippen molar-refractivity contribution in [2.24, 2.45) is 0 Å². The van der Waals surface area contributed by atoms with Gasteiger partial charge in [0.1, 0.15) is 0 Å². The van der Waals surface area contributed by atoms with E-state index in [-0.39, 0.29) is 23.8 Å². The SMILES string of the molecule is Cc1cccc(N2CC(NC(=O)CCCN3CCCC3=O)CC2=O)c1. The molecule has 3 amide bonds. The first-order valence-corrected chi connectivity index (χ1v) is 8.97. The van der Waals surface area contributed by atoms with Crippen LogP contribution in [0.3, 0.4) is 0 Å². The van der Waals surface area contributed by atoms with Gasteiger partial charge in [0.25, 0.3) is 0 Å². The predicted octanol–water partition coefficient (Wildman–Crippen LogP) is 1.62. The molecule has 2 aliphatic rings. The Morgan fingerprint density at radius 3 is 2.84 bits per heavy atom. The van der Waals surface area contributed by atoms with Crippen molar-refractivity contribution in [1.29, 1.82) is 0 Å². The van der Waals surface area contributed by atoms with E-state index < -0.39 is 0 Å². The third-order valence-corrected chi connectivity index (χ3v) is 4.81. The van der Waals surface area contributed by atoms with Crippen LogP contribution in [-0.4, -0.2) is 48.3 Å². The van der Waals surface area contributed by atoms with E-state index in [9.17, 15) is 14.4 Å². The van der Waals surface area contributed by atoms with Gasteiger partial charge in [0, 0.05) is 44.6 Å². The Bertz CT molecular complexity index is 674. The molecule has 1 aromatic carbocycles. The second-order valence-electron chi connectivity index (χ2n) is 6.90. The van der Waals surface area contributed by atoms with E-state index in [1.54, 1.807) is 4.90 Å². The highest BCUT2D eigenvalue weighted by molar-refractivity contribution is 5.96. The number of rotatable bonds is 6. The van der Waals surface area contributed by atoms with Crippen LogP contribution in [0.5, 0.6) is 0 Å². The Hall–Kier alpha value is -2.37. The molecule has 0 aliphatic carbocycles. The molecule has 0 spiro atoms. The van der Waals surface area contributed by atoms with Gasteiger partial charge in [-0.15, -0.1) is 0 Å². The normalized spacial score (nSPS) is 20.4. The van der Waals surface area contributed by atoms with Gasteiger partial charge in [0.05, 0.1) is 6.04 Å². The Morgan fingerprint density at radius 1 is 1.28 bits per heavy atom. The number of carbonyl (C=O) groups is 3. The van der Waals surface area contributed by atoms with Crippen molar-refractivity contribution in [3.05, 3.63) is 29.8 Å². The number of likely N-dealkylation sites (tertiary alicyclic amines) is 1. The maximum absolute atomic E-state index is 12.2. The largest absolute Gasteiger partial charge is 0.351 e. The molecule has 2 heterocycles. The first-order valence-electron chi connectivity index (χ1n) is 8.97. The highest BCUT2D eigenvalue weighted by Crippen LogP contribution is 2.22. The summed E-state index contributed by atoms with van der Waals surface area (Å²) in [6.45, 7) is 3.96. The van der Waals surface area contributed by atoms with E-state index in [2.05, 4.69) is 5.32 Å².